The van der Waals surface area contributed by atoms with Crippen LogP contribution in [0.25, 0.3) is 22.4 Å². The second-order valence-electron chi connectivity index (χ2n) is 4.79. The van der Waals surface area contributed by atoms with Gasteiger partial charge in [0.25, 0.3) is 0 Å². The quantitative estimate of drug-likeness (QED) is 0.722. The summed E-state index contributed by atoms with van der Waals surface area (Å²) in [6, 6.07) is 9.88. The van der Waals surface area contributed by atoms with Crippen LogP contribution in [-0.4, -0.2) is 16.7 Å². The van der Waals surface area contributed by atoms with E-state index in [0.717, 1.165) is 16.7 Å². The number of hydrogen-bond donors (Lipinski definition) is 0. The molecule has 0 N–H and O–H groups in total. The highest BCUT2D eigenvalue weighted by Gasteiger charge is 2.17. The minimum Gasteiger partial charge on any atom is -0.478 e. The molecule has 4 nitrogen and oxygen atoms in total. The summed E-state index contributed by atoms with van der Waals surface area (Å²) >= 11 is 0. The number of rotatable bonds is 4. The van der Waals surface area contributed by atoms with Crippen LogP contribution in [0.4, 0.5) is 4.39 Å². The summed E-state index contributed by atoms with van der Waals surface area (Å²) in [5.41, 5.74) is 3.22. The highest BCUT2D eigenvalue weighted by molar-refractivity contribution is 5.82. The first-order chi connectivity index (χ1) is 10.7. The van der Waals surface area contributed by atoms with Gasteiger partial charge in [-0.05, 0) is 49.7 Å². The minimum absolute atomic E-state index is 0.284. The van der Waals surface area contributed by atoms with E-state index in [-0.39, 0.29) is 5.82 Å². The minimum atomic E-state index is -0.284. The fourth-order valence-corrected chi connectivity index (χ4v) is 2.31. The number of benzene rings is 1. The van der Waals surface area contributed by atoms with Gasteiger partial charge >= 0.3 is 0 Å². The molecule has 2 heterocycles. The zero-order valence-corrected chi connectivity index (χ0v) is 12.3. The van der Waals surface area contributed by atoms with Crippen molar-refractivity contribution in [3.05, 3.63) is 54.2 Å². The molecular weight excluding hydrogens is 283 g/mol. The Morgan fingerprint density at radius 1 is 1.14 bits per heavy atom. The average Bonchev–Trinajstić information content (AvgIpc) is 2.90. The molecule has 0 atom stereocenters. The van der Waals surface area contributed by atoms with Gasteiger partial charge in [0.15, 0.2) is 0 Å². The van der Waals surface area contributed by atoms with E-state index < -0.39 is 0 Å². The van der Waals surface area contributed by atoms with Crippen molar-refractivity contribution >= 4 is 0 Å². The van der Waals surface area contributed by atoms with Gasteiger partial charge in [0.2, 0.25) is 5.88 Å². The lowest BCUT2D eigenvalue weighted by Crippen LogP contribution is -1.94. The Bertz CT molecular complexity index is 782. The van der Waals surface area contributed by atoms with Gasteiger partial charge in [-0.2, -0.15) is 0 Å². The van der Waals surface area contributed by atoms with Crippen molar-refractivity contribution in [3.63, 3.8) is 0 Å². The number of pyridine rings is 1. The summed E-state index contributed by atoms with van der Waals surface area (Å²) in [7, 11) is 0. The molecule has 3 rings (SSSR count). The van der Waals surface area contributed by atoms with Crippen molar-refractivity contribution in [2.75, 3.05) is 6.61 Å². The van der Waals surface area contributed by atoms with E-state index in [2.05, 4.69) is 10.1 Å². The van der Waals surface area contributed by atoms with Gasteiger partial charge in [-0.1, -0.05) is 5.16 Å². The molecule has 0 bridgehead atoms. The Kier molecular flexibility index (Phi) is 3.87. The Balaban J connectivity index is 2.09. The largest absolute Gasteiger partial charge is 0.478 e. The van der Waals surface area contributed by atoms with Gasteiger partial charge < -0.3 is 9.26 Å². The van der Waals surface area contributed by atoms with Gasteiger partial charge in [-0.25, -0.2) is 9.37 Å². The van der Waals surface area contributed by atoms with Gasteiger partial charge in [0.1, 0.15) is 17.3 Å². The number of aryl methyl sites for hydroxylation is 1. The third-order valence-electron chi connectivity index (χ3n) is 3.30. The number of hydrogen-bond acceptors (Lipinski definition) is 4. The molecular formula is C17H15FN2O2. The van der Waals surface area contributed by atoms with Crippen LogP contribution in [0.5, 0.6) is 5.88 Å². The lowest BCUT2D eigenvalue weighted by Gasteiger charge is -2.06. The standard InChI is InChI=1S/C17H15FN2O2/c1-3-21-15-10-13(8-9-19-15)16-11(2)22-20-17(16)12-4-6-14(18)7-5-12/h4-10H,3H2,1-2H3. The van der Waals surface area contributed by atoms with E-state index >= 15 is 0 Å². The molecule has 1 aromatic carbocycles. The molecule has 112 valence electrons. The van der Waals surface area contributed by atoms with Crippen molar-refractivity contribution in [2.45, 2.75) is 13.8 Å². The zero-order chi connectivity index (χ0) is 15.5. The summed E-state index contributed by atoms with van der Waals surface area (Å²) in [5.74, 6) is 0.951. The van der Waals surface area contributed by atoms with Crippen LogP contribution >= 0.6 is 0 Å². The van der Waals surface area contributed by atoms with E-state index in [9.17, 15) is 4.39 Å². The maximum atomic E-state index is 13.1. The molecule has 0 saturated heterocycles. The molecule has 0 amide bonds. The summed E-state index contributed by atoms with van der Waals surface area (Å²) in [5, 5.41) is 4.11. The second kappa shape index (κ2) is 5.97. The highest BCUT2D eigenvalue weighted by Crippen LogP contribution is 2.35. The molecule has 5 heteroatoms. The number of ether oxygens (including phenoxy) is 1. The molecule has 0 radical (unpaired) electrons. The Hall–Kier alpha value is -2.69. The monoisotopic (exact) mass is 298 g/mol. The molecule has 0 aliphatic carbocycles. The normalized spacial score (nSPS) is 10.7. The molecule has 0 aliphatic rings. The van der Waals surface area contributed by atoms with Crippen LogP contribution in [0.1, 0.15) is 12.7 Å². The predicted octanol–water partition coefficient (Wildman–Crippen LogP) is 4.25. The van der Waals surface area contributed by atoms with E-state index in [0.29, 0.717) is 23.9 Å². The van der Waals surface area contributed by atoms with E-state index in [1.54, 1.807) is 18.3 Å². The third kappa shape index (κ3) is 2.70. The lowest BCUT2D eigenvalue weighted by atomic mass is 10.0. The van der Waals surface area contributed by atoms with Gasteiger partial charge in [-0.3, -0.25) is 0 Å². The molecule has 0 saturated carbocycles. The SMILES string of the molecule is CCOc1cc(-c2c(-c3ccc(F)cc3)noc2C)ccn1. The predicted molar refractivity (Wildman–Crippen MR) is 81.0 cm³/mol. The molecule has 3 aromatic rings. The van der Waals surface area contributed by atoms with Gasteiger partial charge in [0.05, 0.1) is 12.2 Å². The molecule has 0 aliphatic heterocycles. The fourth-order valence-electron chi connectivity index (χ4n) is 2.31. The first-order valence-corrected chi connectivity index (χ1v) is 7.00. The summed E-state index contributed by atoms with van der Waals surface area (Å²) in [6.07, 6.45) is 1.68. The first-order valence-electron chi connectivity index (χ1n) is 7.00. The topological polar surface area (TPSA) is 48.2 Å². The Morgan fingerprint density at radius 2 is 1.91 bits per heavy atom. The van der Waals surface area contributed by atoms with Gasteiger partial charge in [0, 0.05) is 17.8 Å². The summed E-state index contributed by atoms with van der Waals surface area (Å²) in [6.45, 7) is 4.29. The molecule has 0 unspecified atom stereocenters. The van der Waals surface area contributed by atoms with Crippen molar-refractivity contribution < 1.29 is 13.7 Å². The summed E-state index contributed by atoms with van der Waals surface area (Å²) in [4.78, 5) is 4.16. The van der Waals surface area contributed by atoms with Crippen molar-refractivity contribution in [1.29, 1.82) is 0 Å². The second-order valence-corrected chi connectivity index (χ2v) is 4.79. The zero-order valence-electron chi connectivity index (χ0n) is 12.3. The fraction of sp³-hybridized carbons (Fsp3) is 0.176. The van der Waals surface area contributed by atoms with E-state index in [4.69, 9.17) is 9.26 Å². The van der Waals surface area contributed by atoms with Crippen LogP contribution < -0.4 is 4.74 Å². The summed E-state index contributed by atoms with van der Waals surface area (Å²) < 4.78 is 23.9. The van der Waals surface area contributed by atoms with Crippen LogP contribution in [-0.2, 0) is 0 Å². The lowest BCUT2D eigenvalue weighted by molar-refractivity contribution is 0.327. The van der Waals surface area contributed by atoms with Gasteiger partial charge in [-0.15, -0.1) is 0 Å². The van der Waals surface area contributed by atoms with E-state index in [1.165, 1.54) is 12.1 Å². The van der Waals surface area contributed by atoms with Crippen molar-refractivity contribution in [2.24, 2.45) is 0 Å². The molecule has 22 heavy (non-hydrogen) atoms. The van der Waals surface area contributed by atoms with E-state index in [1.807, 2.05) is 26.0 Å². The Labute approximate surface area is 127 Å². The number of nitrogens with zero attached hydrogens (tertiary/aromatic N) is 2. The highest BCUT2D eigenvalue weighted by atomic mass is 19.1. The smallest absolute Gasteiger partial charge is 0.213 e. The van der Waals surface area contributed by atoms with Crippen LogP contribution in [0.15, 0.2) is 47.1 Å². The maximum absolute atomic E-state index is 13.1. The van der Waals surface area contributed by atoms with Crippen molar-refractivity contribution in [1.82, 2.24) is 10.1 Å². The first kappa shape index (κ1) is 14.3. The van der Waals surface area contributed by atoms with Crippen molar-refractivity contribution in [3.8, 4) is 28.3 Å². The average molecular weight is 298 g/mol. The third-order valence-corrected chi connectivity index (χ3v) is 3.30. The molecule has 0 spiro atoms. The molecule has 2 aromatic heterocycles. The van der Waals surface area contributed by atoms with Crippen LogP contribution in [0.3, 0.4) is 0 Å². The Morgan fingerprint density at radius 3 is 2.64 bits per heavy atom. The van der Waals surface area contributed by atoms with Crippen LogP contribution in [0, 0.1) is 12.7 Å². The van der Waals surface area contributed by atoms with Crippen LogP contribution in [0.2, 0.25) is 0 Å². The number of halogens is 1. The number of aromatic nitrogens is 2. The molecule has 0 fully saturated rings. The maximum Gasteiger partial charge on any atom is 0.213 e.